The molecule has 0 saturated heterocycles. The summed E-state index contributed by atoms with van der Waals surface area (Å²) in [5.41, 5.74) is -0.702. The maximum absolute atomic E-state index is 10.1. The van der Waals surface area contributed by atoms with E-state index in [1.54, 1.807) is 35.6 Å². The predicted molar refractivity (Wildman–Crippen MR) is 311 cm³/mol. The zero-order valence-electron chi connectivity index (χ0n) is 62.9. The van der Waals surface area contributed by atoms with Crippen molar-refractivity contribution < 1.29 is 38.7 Å². The van der Waals surface area contributed by atoms with Crippen molar-refractivity contribution in [1.82, 2.24) is 15.0 Å². The van der Waals surface area contributed by atoms with Gasteiger partial charge in [-0.05, 0) is 119 Å². The van der Waals surface area contributed by atoms with E-state index < -0.39 is 245 Å². The average molecular weight is 985 g/mol. The molecular weight excluding hydrogens is 919 g/mol. The predicted octanol–water partition coefficient (Wildman–Crippen LogP) is 19.3. The van der Waals surface area contributed by atoms with Crippen molar-refractivity contribution in [2.45, 2.75) is 0 Å². The Kier molecular flexibility index (Phi) is 5.59. The normalized spacial score (nSPS) is 16.5. The highest BCUT2D eigenvalue weighted by Crippen LogP contribution is 2.42. The molecule has 0 spiro atoms. The van der Waals surface area contributed by atoms with Crippen molar-refractivity contribution in [1.29, 1.82) is 0 Å². The van der Waals surface area contributed by atoms with Gasteiger partial charge in [0.15, 0.2) is 17.5 Å². The molecule has 0 bridgehead atoms. The van der Waals surface area contributed by atoms with Crippen molar-refractivity contribution in [2.75, 3.05) is 0 Å². The third-order valence-corrected chi connectivity index (χ3v) is 14.0. The lowest BCUT2D eigenvalue weighted by Crippen LogP contribution is -2.00. The molecule has 15 aromatic rings. The maximum atomic E-state index is 10.1. The van der Waals surface area contributed by atoms with Gasteiger partial charge in [0.1, 0.15) is 11.2 Å². The van der Waals surface area contributed by atoms with Gasteiger partial charge < -0.3 is 4.42 Å². The van der Waals surface area contributed by atoms with E-state index in [-0.39, 0.29) is 16.8 Å². The third-order valence-electron chi connectivity index (χ3n) is 12.9. The minimum atomic E-state index is -0.855. The first kappa shape index (κ1) is 24.2. The number of furan rings is 1. The van der Waals surface area contributed by atoms with Crippen LogP contribution in [0.2, 0.25) is 0 Å². The Hall–Kier alpha value is -9.55. The van der Waals surface area contributed by atoms with Gasteiger partial charge in [0.25, 0.3) is 0 Å². The fourth-order valence-corrected chi connectivity index (χ4v) is 10.6. The zero-order valence-corrected chi connectivity index (χ0v) is 38.7. The zero-order chi connectivity index (χ0) is 70.4. The van der Waals surface area contributed by atoms with Gasteiger partial charge in [0.2, 0.25) is 0 Å². The molecule has 0 fully saturated rings. The first-order valence-corrected chi connectivity index (χ1v) is 23.8. The Balaban J connectivity index is 0.981. The van der Waals surface area contributed by atoms with E-state index in [0.717, 1.165) is 48.5 Å². The first-order chi connectivity index (χ1) is 47.1. The van der Waals surface area contributed by atoms with Crippen LogP contribution in [0.25, 0.3) is 153 Å². The van der Waals surface area contributed by atoms with Gasteiger partial charge in [-0.1, -0.05) is 206 Å². The van der Waals surface area contributed by atoms with Crippen LogP contribution in [0.4, 0.5) is 0 Å². The number of aromatic nitrogens is 3. The standard InChI is InChI=1S/C69H41N3OS/c1-2-14-42(15-3-1)49-16-4-6-18-51(49)45-33-37-63-62(38-45)58-35-32-48(40-64(58)73-63)69-71-67(70-68(72-69)47-31-34-57-55-22-9-8-20-53(55)54-21-10-11-23-56(54)61(57)39-47)44-28-26-43(27-29-44)50-17-5-7-19-52(50)46-30-36-60-59-24-12-13-25-65(59)74-66(60)41-46/h1-41H/i1D,2D,3D,4D,6D,8D,9D,10D,11D,14D,15D,16D,18D,20D,21D,22D,23D,31D,32D,34D,35D,37D,38D,39D,40D. The molecule has 0 amide bonds. The molecule has 3 aromatic heterocycles. The van der Waals surface area contributed by atoms with Crippen LogP contribution in [0.3, 0.4) is 0 Å². The highest BCUT2D eigenvalue weighted by molar-refractivity contribution is 7.25. The van der Waals surface area contributed by atoms with Crippen molar-refractivity contribution in [3.8, 4) is 78.7 Å². The number of nitrogens with zero attached hydrogens (tertiary/aromatic N) is 3. The molecule has 12 aromatic carbocycles. The SMILES string of the molecule is [2H]c1c([2H])c([2H])c(-c2c([2H])c([2H])c([2H])c([2H])c2-c2cc([2H])c3oc4c([2H])c(-c5nc(-c6ccc(-c7ccccc7-c7ccc8c(c7)sc7ccccc78)cc6)nc(-c6c([2H])c([2H])c7c8c([2H])c([2H])c([2H])c([2H])c8c8c([2H])c([2H])c([2H])c([2H])c8c7c6[2H])n5)c([2H])c([2H])c4c3c2[2H])c([2H])c1[2H]. The van der Waals surface area contributed by atoms with Gasteiger partial charge in [-0.25, -0.2) is 15.0 Å². The van der Waals surface area contributed by atoms with E-state index in [1.807, 2.05) is 36.4 Å². The summed E-state index contributed by atoms with van der Waals surface area (Å²) in [7, 11) is 0. The van der Waals surface area contributed by atoms with Crippen LogP contribution in [0.5, 0.6) is 0 Å². The largest absolute Gasteiger partial charge is 0.456 e. The van der Waals surface area contributed by atoms with Gasteiger partial charge in [-0.3, -0.25) is 0 Å². The summed E-state index contributed by atoms with van der Waals surface area (Å²) in [6.45, 7) is 0. The van der Waals surface area contributed by atoms with E-state index in [9.17, 15) is 12.3 Å². The second-order valence-electron chi connectivity index (χ2n) is 17.1. The van der Waals surface area contributed by atoms with Crippen molar-refractivity contribution in [3.05, 3.63) is 248 Å². The highest BCUT2D eigenvalue weighted by atomic mass is 32.1. The number of hydrogen-bond acceptors (Lipinski definition) is 5. The minimum Gasteiger partial charge on any atom is -0.456 e. The fourth-order valence-electron chi connectivity index (χ4n) is 9.44. The average Bonchev–Trinajstić information content (AvgIpc) is 1.03. The summed E-state index contributed by atoms with van der Waals surface area (Å²) in [6, 6.07) is 10.7. The molecule has 15 rings (SSSR count). The van der Waals surface area contributed by atoms with Gasteiger partial charge in [0, 0.05) is 47.6 Å². The summed E-state index contributed by atoms with van der Waals surface area (Å²) < 4.78 is 236. The van der Waals surface area contributed by atoms with Gasteiger partial charge in [-0.15, -0.1) is 11.3 Å². The van der Waals surface area contributed by atoms with Crippen LogP contribution in [-0.2, 0) is 0 Å². The lowest BCUT2D eigenvalue weighted by Gasteiger charge is -2.13. The molecule has 0 radical (unpaired) electrons. The van der Waals surface area contributed by atoms with Gasteiger partial charge in [-0.2, -0.15) is 0 Å². The molecule has 3 heterocycles. The van der Waals surface area contributed by atoms with E-state index in [4.69, 9.17) is 41.3 Å². The quantitative estimate of drug-likeness (QED) is 0.149. The molecule has 0 saturated carbocycles. The molecule has 0 atom stereocenters. The highest BCUT2D eigenvalue weighted by Gasteiger charge is 2.19. The monoisotopic (exact) mass is 984 g/mol. The Morgan fingerprint density at radius 1 is 0.297 bits per heavy atom. The number of benzene rings is 12. The number of fused-ring (bicyclic) bond motifs is 12. The van der Waals surface area contributed by atoms with Crippen molar-refractivity contribution in [2.24, 2.45) is 0 Å². The number of thiophene rings is 1. The van der Waals surface area contributed by atoms with Gasteiger partial charge >= 0.3 is 0 Å². The first-order valence-electron chi connectivity index (χ1n) is 35.4. The van der Waals surface area contributed by atoms with Crippen LogP contribution in [0, 0.1) is 0 Å². The van der Waals surface area contributed by atoms with Crippen LogP contribution in [0.1, 0.15) is 34.3 Å². The Labute approximate surface area is 465 Å². The Bertz CT molecular complexity index is 6180. The molecule has 0 N–H and O–H groups in total. The molecule has 4 nitrogen and oxygen atoms in total. The molecule has 0 aliphatic carbocycles. The summed E-state index contributed by atoms with van der Waals surface area (Å²) in [5.74, 6) is -1.39. The summed E-state index contributed by atoms with van der Waals surface area (Å²) in [6.07, 6.45) is 0. The topological polar surface area (TPSA) is 51.8 Å². The molecule has 0 unspecified atom stereocenters. The van der Waals surface area contributed by atoms with Crippen molar-refractivity contribution in [3.63, 3.8) is 0 Å². The van der Waals surface area contributed by atoms with E-state index in [1.165, 1.54) is 0 Å². The van der Waals surface area contributed by atoms with Crippen LogP contribution < -0.4 is 0 Å². The van der Waals surface area contributed by atoms with E-state index in [0.29, 0.717) is 0 Å². The smallest absolute Gasteiger partial charge is 0.164 e. The van der Waals surface area contributed by atoms with E-state index >= 15 is 0 Å². The van der Waals surface area contributed by atoms with Crippen LogP contribution >= 0.6 is 11.3 Å². The Morgan fingerprint density at radius 3 is 1.55 bits per heavy atom. The van der Waals surface area contributed by atoms with Gasteiger partial charge in [0.05, 0.1) is 34.3 Å². The molecular formula is C69H41N3OS. The third kappa shape index (κ3) is 7.01. The lowest BCUT2D eigenvalue weighted by molar-refractivity contribution is 0.669. The van der Waals surface area contributed by atoms with Crippen LogP contribution in [0.15, 0.2) is 253 Å². The Morgan fingerprint density at radius 2 is 0.824 bits per heavy atom. The maximum Gasteiger partial charge on any atom is 0.164 e. The number of hydrogen-bond donors (Lipinski definition) is 0. The molecule has 0 aliphatic heterocycles. The molecule has 5 heteroatoms. The van der Waals surface area contributed by atoms with Crippen molar-refractivity contribution >= 4 is 85.8 Å². The second kappa shape index (κ2) is 17.1. The second-order valence-corrected chi connectivity index (χ2v) is 18.2. The molecule has 74 heavy (non-hydrogen) atoms. The fraction of sp³-hybridized carbons (Fsp3) is 0. The minimum absolute atomic E-state index is 0.236. The lowest BCUT2D eigenvalue weighted by atomic mass is 9.93. The molecule has 0 aliphatic rings. The summed E-state index contributed by atoms with van der Waals surface area (Å²) in [4.78, 5) is 14.3. The molecule has 344 valence electrons. The summed E-state index contributed by atoms with van der Waals surface area (Å²) in [5, 5.41) is -1.06. The van der Waals surface area contributed by atoms with E-state index in [2.05, 4.69) is 30.3 Å². The summed E-state index contributed by atoms with van der Waals surface area (Å²) >= 11 is 1.68. The number of rotatable bonds is 7. The van der Waals surface area contributed by atoms with Crippen LogP contribution in [-0.4, -0.2) is 15.0 Å².